The fourth-order valence-corrected chi connectivity index (χ4v) is 5.12. The second kappa shape index (κ2) is 10.8. The summed E-state index contributed by atoms with van der Waals surface area (Å²) in [6.45, 7) is 14.0. The summed E-state index contributed by atoms with van der Waals surface area (Å²) in [4.78, 5) is 0. The Kier molecular flexibility index (Phi) is 7.28. The van der Waals surface area contributed by atoms with Gasteiger partial charge in [0.25, 0.3) is 0 Å². The molecule has 0 unspecified atom stereocenters. The number of furan rings is 2. The van der Waals surface area contributed by atoms with E-state index in [4.69, 9.17) is 8.83 Å². The average Bonchev–Trinajstić information content (AvgIpc) is 3.67. The quantitative estimate of drug-likeness (QED) is 0.187. The molecule has 1 aromatic carbocycles. The third kappa shape index (κ3) is 5.26. The summed E-state index contributed by atoms with van der Waals surface area (Å²) in [6.07, 6.45) is 3.84. The Morgan fingerprint density at radius 3 is 1.45 bits per heavy atom. The highest BCUT2D eigenvalue weighted by atomic mass is 16.3. The van der Waals surface area contributed by atoms with E-state index in [1.165, 1.54) is 0 Å². The van der Waals surface area contributed by atoms with Gasteiger partial charge in [-0.05, 0) is 86.4 Å². The SMILES string of the molecule is C/C(C#N)=C/c1ccc(-c2cc3cc4oc(-c5ccc(/C=C(/C)C#N)n5CC(C)C)cc4cc3o2)n1CC(C)C. The fraction of sp³-hybridized carbons (Fsp3) is 0.294. The minimum atomic E-state index is 0.431. The van der Waals surface area contributed by atoms with Gasteiger partial charge in [-0.3, -0.25) is 0 Å². The Morgan fingerprint density at radius 2 is 1.10 bits per heavy atom. The smallest absolute Gasteiger partial charge is 0.151 e. The second-order valence-electron chi connectivity index (χ2n) is 11.3. The van der Waals surface area contributed by atoms with Crippen LogP contribution in [-0.2, 0) is 13.1 Å². The summed E-state index contributed by atoms with van der Waals surface area (Å²) in [6, 6.07) is 20.8. The lowest BCUT2D eigenvalue weighted by Gasteiger charge is -2.13. The average molecular weight is 531 g/mol. The number of benzene rings is 1. The van der Waals surface area contributed by atoms with Gasteiger partial charge in [0.1, 0.15) is 11.2 Å². The highest BCUT2D eigenvalue weighted by Crippen LogP contribution is 2.36. The summed E-state index contributed by atoms with van der Waals surface area (Å²) in [5, 5.41) is 20.5. The van der Waals surface area contributed by atoms with Crippen LogP contribution in [0.2, 0.25) is 0 Å². The molecule has 4 aromatic heterocycles. The van der Waals surface area contributed by atoms with E-state index in [1.54, 1.807) is 0 Å². The molecule has 0 saturated carbocycles. The molecule has 5 rings (SSSR count). The maximum atomic E-state index is 9.28. The lowest BCUT2D eigenvalue weighted by Crippen LogP contribution is -2.07. The van der Waals surface area contributed by atoms with E-state index in [-0.39, 0.29) is 0 Å². The number of fused-ring (bicyclic) bond motifs is 2. The number of nitriles is 2. The van der Waals surface area contributed by atoms with Gasteiger partial charge >= 0.3 is 0 Å². The number of hydrogen-bond donors (Lipinski definition) is 0. The van der Waals surface area contributed by atoms with E-state index >= 15 is 0 Å². The number of nitrogens with zero attached hydrogens (tertiary/aromatic N) is 4. The van der Waals surface area contributed by atoms with E-state index in [2.05, 4.69) is 73.2 Å². The predicted molar refractivity (Wildman–Crippen MR) is 161 cm³/mol. The van der Waals surface area contributed by atoms with Gasteiger partial charge in [0.15, 0.2) is 11.5 Å². The van der Waals surface area contributed by atoms with Gasteiger partial charge < -0.3 is 18.0 Å². The molecule has 0 aliphatic rings. The molecule has 40 heavy (non-hydrogen) atoms. The molecule has 0 amide bonds. The van der Waals surface area contributed by atoms with Crippen molar-refractivity contribution in [3.8, 4) is 35.0 Å². The minimum absolute atomic E-state index is 0.431. The van der Waals surface area contributed by atoms with Crippen molar-refractivity contribution in [3.05, 3.63) is 71.1 Å². The predicted octanol–water partition coefficient (Wildman–Crippen LogP) is 9.28. The number of aromatic nitrogens is 2. The first-order chi connectivity index (χ1) is 19.2. The van der Waals surface area contributed by atoms with Crippen molar-refractivity contribution in [2.45, 2.75) is 54.6 Å². The zero-order chi connectivity index (χ0) is 28.6. The number of hydrogen-bond acceptors (Lipinski definition) is 4. The Balaban J connectivity index is 1.56. The fourth-order valence-electron chi connectivity index (χ4n) is 5.12. The van der Waals surface area contributed by atoms with Crippen LogP contribution < -0.4 is 0 Å². The van der Waals surface area contributed by atoms with Gasteiger partial charge in [0.2, 0.25) is 0 Å². The molecule has 0 bridgehead atoms. The van der Waals surface area contributed by atoms with Crippen LogP contribution in [0.15, 0.2) is 68.5 Å². The van der Waals surface area contributed by atoms with Gasteiger partial charge in [0, 0.05) is 46.4 Å². The van der Waals surface area contributed by atoms with E-state index < -0.39 is 0 Å². The van der Waals surface area contributed by atoms with Crippen molar-refractivity contribution < 1.29 is 8.83 Å². The molecule has 202 valence electrons. The maximum Gasteiger partial charge on any atom is 0.151 e. The van der Waals surface area contributed by atoms with Crippen LogP contribution in [0.5, 0.6) is 0 Å². The Morgan fingerprint density at radius 1 is 0.700 bits per heavy atom. The van der Waals surface area contributed by atoms with Crippen molar-refractivity contribution in [1.82, 2.24) is 9.13 Å². The first-order valence-electron chi connectivity index (χ1n) is 13.7. The van der Waals surface area contributed by atoms with Gasteiger partial charge in [0.05, 0.1) is 23.5 Å². The van der Waals surface area contributed by atoms with E-state index in [0.717, 1.165) is 69.3 Å². The largest absolute Gasteiger partial charge is 0.454 e. The van der Waals surface area contributed by atoms with E-state index in [9.17, 15) is 10.5 Å². The van der Waals surface area contributed by atoms with Crippen LogP contribution in [0, 0.1) is 34.5 Å². The summed E-state index contributed by atoms with van der Waals surface area (Å²) >= 11 is 0. The van der Waals surface area contributed by atoms with Crippen molar-refractivity contribution >= 4 is 34.1 Å². The molecule has 6 heteroatoms. The van der Waals surface area contributed by atoms with Crippen LogP contribution in [0.3, 0.4) is 0 Å². The molecule has 0 N–H and O–H groups in total. The molecule has 0 spiro atoms. The third-order valence-corrected chi connectivity index (χ3v) is 6.87. The number of rotatable bonds is 8. The zero-order valence-electron chi connectivity index (χ0n) is 23.9. The van der Waals surface area contributed by atoms with Gasteiger partial charge in [-0.25, -0.2) is 0 Å². The summed E-state index contributed by atoms with van der Waals surface area (Å²) in [5.41, 5.74) is 6.87. The summed E-state index contributed by atoms with van der Waals surface area (Å²) in [7, 11) is 0. The van der Waals surface area contributed by atoms with Crippen LogP contribution >= 0.6 is 0 Å². The van der Waals surface area contributed by atoms with Gasteiger partial charge in [-0.1, -0.05) is 27.7 Å². The third-order valence-electron chi connectivity index (χ3n) is 6.87. The van der Waals surface area contributed by atoms with Crippen LogP contribution in [0.4, 0.5) is 0 Å². The maximum absolute atomic E-state index is 9.28. The van der Waals surface area contributed by atoms with E-state index in [1.807, 2.05) is 50.3 Å². The molecule has 4 heterocycles. The molecule has 6 nitrogen and oxygen atoms in total. The monoisotopic (exact) mass is 530 g/mol. The molecule has 5 aromatic rings. The van der Waals surface area contributed by atoms with Crippen LogP contribution in [0.1, 0.15) is 52.9 Å². The highest BCUT2D eigenvalue weighted by molar-refractivity contribution is 5.96. The zero-order valence-corrected chi connectivity index (χ0v) is 23.9. The van der Waals surface area contributed by atoms with Gasteiger partial charge in [-0.2, -0.15) is 10.5 Å². The normalized spacial score (nSPS) is 12.7. The Hall–Kier alpha value is -4.68. The second-order valence-corrected chi connectivity index (χ2v) is 11.3. The molecule has 0 aliphatic carbocycles. The van der Waals surface area contributed by atoms with Crippen LogP contribution in [-0.4, -0.2) is 9.13 Å². The first-order valence-corrected chi connectivity index (χ1v) is 13.7. The standard InChI is InChI=1S/C34H34N4O2/c1-21(2)19-37-27(11-23(5)17-35)7-9-29(37)33-15-25-13-32-26(14-31(25)39-33)16-34(40-32)30-10-8-28(12-24(6)18-36)38(30)20-22(3)4/h7-16,21-22H,19-20H2,1-6H3/b23-11-,24-12-. The van der Waals surface area contributed by atoms with Crippen LogP contribution in [0.25, 0.3) is 57.0 Å². The van der Waals surface area contributed by atoms with Crippen molar-refractivity contribution in [2.24, 2.45) is 11.8 Å². The Labute approximate surface area is 235 Å². The lowest BCUT2D eigenvalue weighted by atomic mass is 10.1. The van der Waals surface area contributed by atoms with E-state index in [0.29, 0.717) is 23.0 Å². The van der Waals surface area contributed by atoms with Crippen molar-refractivity contribution in [2.75, 3.05) is 0 Å². The molecule has 0 atom stereocenters. The molecule has 0 fully saturated rings. The van der Waals surface area contributed by atoms with Gasteiger partial charge in [-0.15, -0.1) is 0 Å². The van der Waals surface area contributed by atoms with Crippen molar-refractivity contribution in [1.29, 1.82) is 10.5 Å². The molecule has 0 aliphatic heterocycles. The summed E-state index contributed by atoms with van der Waals surface area (Å²) < 4.78 is 17.2. The van der Waals surface area contributed by atoms with Crippen molar-refractivity contribution in [3.63, 3.8) is 0 Å². The lowest BCUT2D eigenvalue weighted by molar-refractivity contribution is 0.519. The Bertz CT molecular complexity index is 1670. The molecule has 0 radical (unpaired) electrons. The first kappa shape index (κ1) is 26.9. The number of allylic oxidation sites excluding steroid dienone is 2. The topological polar surface area (TPSA) is 83.7 Å². The molecular formula is C34H34N4O2. The molecular weight excluding hydrogens is 496 g/mol. The minimum Gasteiger partial charge on any atom is -0.454 e. The molecule has 0 saturated heterocycles. The highest BCUT2D eigenvalue weighted by Gasteiger charge is 2.18. The summed E-state index contributed by atoms with van der Waals surface area (Å²) in [5.74, 6) is 2.43.